The van der Waals surface area contributed by atoms with Crippen molar-refractivity contribution in [2.75, 3.05) is 12.3 Å². The number of nitrogen functional groups attached to an aromatic ring is 1. The molecule has 0 bridgehead atoms. The molecule has 1 heterocycles. The highest BCUT2D eigenvalue weighted by Gasteiger charge is 2.22. The van der Waals surface area contributed by atoms with Crippen LogP contribution in [0.2, 0.25) is 5.15 Å². The fourth-order valence-electron chi connectivity index (χ4n) is 2.47. The Morgan fingerprint density at radius 1 is 1.61 bits per heavy atom. The van der Waals surface area contributed by atoms with Crippen LogP contribution in [0, 0.1) is 11.8 Å². The highest BCUT2D eigenvalue weighted by atomic mass is 35.5. The molecule has 1 amide bonds. The number of halogens is 1. The van der Waals surface area contributed by atoms with Gasteiger partial charge in [0.25, 0.3) is 5.91 Å². The van der Waals surface area contributed by atoms with Crippen LogP contribution >= 0.6 is 11.6 Å². The smallest absolute Gasteiger partial charge is 0.254 e. The first-order valence-electron chi connectivity index (χ1n) is 6.25. The Morgan fingerprint density at radius 2 is 2.39 bits per heavy atom. The van der Waals surface area contributed by atoms with Crippen LogP contribution in [-0.2, 0) is 0 Å². The molecule has 0 spiro atoms. The third kappa shape index (κ3) is 3.13. The highest BCUT2D eigenvalue weighted by Crippen LogP contribution is 2.29. The third-order valence-corrected chi connectivity index (χ3v) is 3.76. The topological polar surface area (TPSA) is 68.0 Å². The number of hydrogen-bond donors (Lipinski definition) is 2. The van der Waals surface area contributed by atoms with Crippen molar-refractivity contribution in [3.05, 3.63) is 23.0 Å². The molecular weight excluding hydrogens is 250 g/mol. The van der Waals surface area contributed by atoms with Gasteiger partial charge in [0.2, 0.25) is 0 Å². The second kappa shape index (κ2) is 5.57. The van der Waals surface area contributed by atoms with Gasteiger partial charge in [-0.25, -0.2) is 4.98 Å². The van der Waals surface area contributed by atoms with Crippen LogP contribution in [0.25, 0.3) is 0 Å². The van der Waals surface area contributed by atoms with E-state index in [9.17, 15) is 4.79 Å². The average molecular weight is 268 g/mol. The molecule has 2 unspecified atom stereocenters. The quantitative estimate of drug-likeness (QED) is 0.827. The molecular formula is C13H18ClN3O. The normalized spacial score (nSPS) is 23.0. The van der Waals surface area contributed by atoms with E-state index in [4.69, 9.17) is 17.3 Å². The van der Waals surface area contributed by atoms with Crippen molar-refractivity contribution in [3.63, 3.8) is 0 Å². The van der Waals surface area contributed by atoms with Gasteiger partial charge in [-0.1, -0.05) is 24.9 Å². The summed E-state index contributed by atoms with van der Waals surface area (Å²) in [6.07, 6.45) is 5.06. The molecule has 18 heavy (non-hydrogen) atoms. The lowest BCUT2D eigenvalue weighted by Crippen LogP contribution is -2.28. The van der Waals surface area contributed by atoms with Gasteiger partial charge in [-0.3, -0.25) is 4.79 Å². The summed E-state index contributed by atoms with van der Waals surface area (Å²) in [5, 5.41) is 3.11. The molecule has 3 N–H and O–H groups in total. The molecule has 0 saturated heterocycles. The number of hydrogen-bond acceptors (Lipinski definition) is 3. The minimum absolute atomic E-state index is 0.195. The van der Waals surface area contributed by atoms with Gasteiger partial charge in [0.15, 0.2) is 0 Å². The van der Waals surface area contributed by atoms with Crippen molar-refractivity contribution < 1.29 is 4.79 Å². The first kappa shape index (κ1) is 13.1. The summed E-state index contributed by atoms with van der Waals surface area (Å²) >= 11 is 5.88. The summed E-state index contributed by atoms with van der Waals surface area (Å²) in [5.41, 5.74) is 6.39. The van der Waals surface area contributed by atoms with Crippen molar-refractivity contribution >= 4 is 23.2 Å². The lowest BCUT2D eigenvalue weighted by Gasteiger charge is -2.11. The second-order valence-corrected chi connectivity index (χ2v) is 5.46. The molecule has 2 atom stereocenters. The molecule has 1 aromatic rings. The van der Waals surface area contributed by atoms with Crippen molar-refractivity contribution in [1.29, 1.82) is 0 Å². The van der Waals surface area contributed by atoms with E-state index in [2.05, 4.69) is 17.2 Å². The predicted molar refractivity (Wildman–Crippen MR) is 72.5 cm³/mol. The van der Waals surface area contributed by atoms with Gasteiger partial charge in [-0.15, -0.1) is 0 Å². The maximum absolute atomic E-state index is 12.0. The van der Waals surface area contributed by atoms with Crippen LogP contribution in [0.3, 0.4) is 0 Å². The van der Waals surface area contributed by atoms with E-state index in [0.717, 1.165) is 5.92 Å². The van der Waals surface area contributed by atoms with Gasteiger partial charge >= 0.3 is 0 Å². The fourth-order valence-corrected chi connectivity index (χ4v) is 2.66. The van der Waals surface area contributed by atoms with Gasteiger partial charge in [0.1, 0.15) is 5.15 Å². The molecule has 1 fully saturated rings. The summed E-state index contributed by atoms with van der Waals surface area (Å²) in [6, 6.07) is 1.56. The third-order valence-electron chi connectivity index (χ3n) is 3.46. The van der Waals surface area contributed by atoms with E-state index in [1.807, 2.05) is 0 Å². The summed E-state index contributed by atoms with van der Waals surface area (Å²) < 4.78 is 0. The number of pyridine rings is 1. The van der Waals surface area contributed by atoms with Crippen molar-refractivity contribution in [3.8, 4) is 0 Å². The Kier molecular flexibility index (Phi) is 4.07. The fraction of sp³-hybridized carbons (Fsp3) is 0.538. The number of nitrogens with one attached hydrogen (secondary N) is 1. The predicted octanol–water partition coefficient (Wildman–Crippen LogP) is 2.48. The zero-order chi connectivity index (χ0) is 13.1. The summed E-state index contributed by atoms with van der Waals surface area (Å²) in [6.45, 7) is 2.95. The molecule has 5 heteroatoms. The standard InChI is InChI=1S/C13H18ClN3O/c1-8-2-3-9(4-8)6-17-13(18)11-5-10(15)7-16-12(11)14/h5,7-9H,2-4,6,15H2,1H3,(H,17,18). The first-order valence-corrected chi connectivity index (χ1v) is 6.63. The van der Waals surface area contributed by atoms with Crippen LogP contribution < -0.4 is 11.1 Å². The monoisotopic (exact) mass is 267 g/mol. The number of nitrogens with two attached hydrogens (primary N) is 1. The molecule has 0 aromatic carbocycles. The highest BCUT2D eigenvalue weighted by molar-refractivity contribution is 6.32. The number of carbonyl (C=O) groups excluding carboxylic acids is 1. The maximum atomic E-state index is 12.0. The van der Waals surface area contributed by atoms with Crippen LogP contribution in [0.4, 0.5) is 5.69 Å². The van der Waals surface area contributed by atoms with Gasteiger partial charge in [0.05, 0.1) is 17.4 Å². The van der Waals surface area contributed by atoms with E-state index < -0.39 is 0 Å². The average Bonchev–Trinajstić information content (AvgIpc) is 2.75. The Labute approximate surface area is 112 Å². The zero-order valence-electron chi connectivity index (χ0n) is 10.4. The minimum Gasteiger partial charge on any atom is -0.397 e. The second-order valence-electron chi connectivity index (χ2n) is 5.10. The van der Waals surface area contributed by atoms with E-state index >= 15 is 0 Å². The molecule has 1 aliphatic rings. The van der Waals surface area contributed by atoms with E-state index in [-0.39, 0.29) is 11.1 Å². The first-order chi connectivity index (χ1) is 8.56. The van der Waals surface area contributed by atoms with Crippen LogP contribution in [0.15, 0.2) is 12.3 Å². The molecule has 1 saturated carbocycles. The number of anilines is 1. The van der Waals surface area contributed by atoms with E-state index in [1.165, 1.54) is 25.5 Å². The van der Waals surface area contributed by atoms with Crippen LogP contribution in [-0.4, -0.2) is 17.4 Å². The zero-order valence-corrected chi connectivity index (χ0v) is 11.2. The molecule has 98 valence electrons. The lowest BCUT2D eigenvalue weighted by molar-refractivity contribution is 0.0947. The Hall–Kier alpha value is -1.29. The molecule has 1 aliphatic carbocycles. The molecule has 4 nitrogen and oxygen atoms in total. The van der Waals surface area contributed by atoms with Gasteiger partial charge in [0, 0.05) is 6.54 Å². The van der Waals surface area contributed by atoms with Crippen molar-refractivity contribution in [2.45, 2.75) is 26.2 Å². The number of amides is 1. The lowest BCUT2D eigenvalue weighted by atomic mass is 10.1. The van der Waals surface area contributed by atoms with Gasteiger partial charge in [-0.05, 0) is 30.7 Å². The van der Waals surface area contributed by atoms with Crippen molar-refractivity contribution in [2.24, 2.45) is 11.8 Å². The Morgan fingerprint density at radius 3 is 3.06 bits per heavy atom. The van der Waals surface area contributed by atoms with Gasteiger partial charge in [-0.2, -0.15) is 0 Å². The summed E-state index contributed by atoms with van der Waals surface area (Å²) in [5.74, 6) is 1.15. The van der Waals surface area contributed by atoms with Crippen molar-refractivity contribution in [1.82, 2.24) is 10.3 Å². The minimum atomic E-state index is -0.195. The van der Waals surface area contributed by atoms with Gasteiger partial charge < -0.3 is 11.1 Å². The Bertz CT molecular complexity index is 450. The van der Waals surface area contributed by atoms with Crippen LogP contribution in [0.1, 0.15) is 36.5 Å². The molecule has 2 rings (SSSR count). The van der Waals surface area contributed by atoms with Crippen LogP contribution in [0.5, 0.6) is 0 Å². The molecule has 1 aromatic heterocycles. The SMILES string of the molecule is CC1CCC(CNC(=O)c2cc(N)cnc2Cl)C1. The number of aromatic nitrogens is 1. The van der Waals surface area contributed by atoms with E-state index in [0.29, 0.717) is 23.7 Å². The summed E-state index contributed by atoms with van der Waals surface area (Å²) in [4.78, 5) is 15.8. The largest absolute Gasteiger partial charge is 0.397 e. The molecule has 0 aliphatic heterocycles. The molecule has 0 radical (unpaired) electrons. The number of rotatable bonds is 3. The maximum Gasteiger partial charge on any atom is 0.254 e. The number of nitrogens with zero attached hydrogens (tertiary/aromatic N) is 1. The number of carbonyl (C=O) groups is 1. The Balaban J connectivity index is 1.93. The van der Waals surface area contributed by atoms with E-state index in [1.54, 1.807) is 6.07 Å². The summed E-state index contributed by atoms with van der Waals surface area (Å²) in [7, 11) is 0.